The van der Waals surface area contributed by atoms with Crippen molar-refractivity contribution in [3.05, 3.63) is 29.8 Å². The summed E-state index contributed by atoms with van der Waals surface area (Å²) in [7, 11) is 0. The molecule has 1 aromatic carbocycles. The number of hydrogen-bond donors (Lipinski definition) is 1. The monoisotopic (exact) mass is 276 g/mol. The van der Waals surface area contributed by atoms with Crippen molar-refractivity contribution in [3.63, 3.8) is 0 Å². The third-order valence-electron chi connectivity index (χ3n) is 2.89. The number of nitrogens with zero attached hydrogens (tertiary/aromatic N) is 1. The van der Waals surface area contributed by atoms with E-state index in [4.69, 9.17) is 4.74 Å². The molecule has 0 atom stereocenters. The third-order valence-corrected chi connectivity index (χ3v) is 2.89. The van der Waals surface area contributed by atoms with Crippen molar-refractivity contribution in [2.45, 2.75) is 13.3 Å². The molecule has 6 nitrogen and oxygen atoms in total. The zero-order valence-electron chi connectivity index (χ0n) is 11.2. The number of piperazine rings is 1. The van der Waals surface area contributed by atoms with E-state index in [9.17, 15) is 14.4 Å². The van der Waals surface area contributed by atoms with Crippen LogP contribution in [0.3, 0.4) is 0 Å². The van der Waals surface area contributed by atoms with Crippen LogP contribution in [-0.4, -0.2) is 42.3 Å². The molecule has 106 valence electrons. The lowest BCUT2D eigenvalue weighted by Gasteiger charge is -2.25. The van der Waals surface area contributed by atoms with Gasteiger partial charge in [0, 0.05) is 0 Å². The van der Waals surface area contributed by atoms with Crippen LogP contribution < -0.4 is 10.1 Å². The fourth-order valence-corrected chi connectivity index (χ4v) is 1.97. The van der Waals surface area contributed by atoms with Gasteiger partial charge in [0.05, 0.1) is 13.0 Å². The number of amides is 3. The van der Waals surface area contributed by atoms with E-state index in [0.717, 1.165) is 11.3 Å². The summed E-state index contributed by atoms with van der Waals surface area (Å²) in [6, 6.07) is 7.18. The zero-order chi connectivity index (χ0) is 14.5. The molecule has 2 rings (SSSR count). The Kier molecular flexibility index (Phi) is 4.34. The first-order valence-electron chi connectivity index (χ1n) is 6.40. The molecule has 20 heavy (non-hydrogen) atoms. The topological polar surface area (TPSA) is 75.7 Å². The van der Waals surface area contributed by atoms with Crippen LogP contribution in [0.5, 0.6) is 5.75 Å². The summed E-state index contributed by atoms with van der Waals surface area (Å²) in [5.41, 5.74) is 0.817. The minimum atomic E-state index is -0.443. The largest absolute Gasteiger partial charge is 0.494 e. The Labute approximate surface area is 116 Å². The Hall–Kier alpha value is -2.37. The molecule has 1 fully saturated rings. The van der Waals surface area contributed by atoms with Crippen molar-refractivity contribution in [1.82, 2.24) is 10.2 Å². The van der Waals surface area contributed by atoms with Crippen LogP contribution in [0.1, 0.15) is 12.5 Å². The molecule has 1 aliphatic rings. The van der Waals surface area contributed by atoms with Crippen molar-refractivity contribution >= 4 is 17.7 Å². The lowest BCUT2D eigenvalue weighted by molar-refractivity contribution is -0.145. The SMILES string of the molecule is CCOc1ccc(CC(=O)N2CC(=O)NC(=O)C2)cc1. The van der Waals surface area contributed by atoms with Gasteiger partial charge in [0.25, 0.3) is 0 Å². The van der Waals surface area contributed by atoms with Crippen molar-refractivity contribution in [2.75, 3.05) is 19.7 Å². The number of rotatable bonds is 4. The highest BCUT2D eigenvalue weighted by Gasteiger charge is 2.26. The highest BCUT2D eigenvalue weighted by atomic mass is 16.5. The summed E-state index contributed by atoms with van der Waals surface area (Å²) >= 11 is 0. The summed E-state index contributed by atoms with van der Waals surface area (Å²) in [5, 5.41) is 2.16. The van der Waals surface area contributed by atoms with E-state index in [1.54, 1.807) is 24.3 Å². The molecule has 1 aromatic rings. The van der Waals surface area contributed by atoms with Gasteiger partial charge in [-0.05, 0) is 24.6 Å². The molecule has 0 radical (unpaired) electrons. The van der Waals surface area contributed by atoms with Gasteiger partial charge in [0.1, 0.15) is 18.8 Å². The van der Waals surface area contributed by atoms with E-state index >= 15 is 0 Å². The van der Waals surface area contributed by atoms with Gasteiger partial charge in [-0.1, -0.05) is 12.1 Å². The lowest BCUT2D eigenvalue weighted by Crippen LogP contribution is -2.53. The number of hydrogen-bond acceptors (Lipinski definition) is 4. The molecule has 0 spiro atoms. The van der Waals surface area contributed by atoms with E-state index in [-0.39, 0.29) is 25.4 Å². The molecule has 1 saturated heterocycles. The Morgan fingerprint density at radius 2 is 1.80 bits per heavy atom. The molecule has 0 unspecified atom stereocenters. The van der Waals surface area contributed by atoms with E-state index in [0.29, 0.717) is 6.61 Å². The van der Waals surface area contributed by atoms with Gasteiger partial charge in [0.15, 0.2) is 0 Å². The molecular formula is C14H16N2O4. The first-order valence-corrected chi connectivity index (χ1v) is 6.40. The number of imide groups is 1. The molecule has 3 amide bonds. The van der Waals surface area contributed by atoms with Crippen LogP contribution >= 0.6 is 0 Å². The summed E-state index contributed by atoms with van der Waals surface area (Å²) in [5.74, 6) is -0.379. The summed E-state index contributed by atoms with van der Waals surface area (Å²) in [6.45, 7) is 2.35. The van der Waals surface area contributed by atoms with E-state index < -0.39 is 11.8 Å². The van der Waals surface area contributed by atoms with Gasteiger partial charge in [0.2, 0.25) is 17.7 Å². The predicted octanol–water partition coefficient (Wildman–Crippen LogP) is 0.113. The first kappa shape index (κ1) is 14.0. The minimum absolute atomic E-state index is 0.0679. The van der Waals surface area contributed by atoms with Gasteiger partial charge in [-0.25, -0.2) is 0 Å². The first-order chi connectivity index (χ1) is 9.58. The fraction of sp³-hybridized carbons (Fsp3) is 0.357. The van der Waals surface area contributed by atoms with E-state index in [1.165, 1.54) is 4.90 Å². The summed E-state index contributed by atoms with van der Waals surface area (Å²) < 4.78 is 5.32. The number of nitrogens with one attached hydrogen (secondary N) is 1. The molecule has 0 bridgehead atoms. The third kappa shape index (κ3) is 3.57. The average Bonchev–Trinajstić information content (AvgIpc) is 2.40. The molecular weight excluding hydrogens is 260 g/mol. The van der Waals surface area contributed by atoms with Crippen molar-refractivity contribution < 1.29 is 19.1 Å². The molecule has 0 saturated carbocycles. The number of carbonyl (C=O) groups is 3. The van der Waals surface area contributed by atoms with Crippen LogP contribution in [0.2, 0.25) is 0 Å². The van der Waals surface area contributed by atoms with E-state index in [1.807, 2.05) is 6.92 Å². The smallest absolute Gasteiger partial charge is 0.246 e. The Morgan fingerprint density at radius 1 is 1.20 bits per heavy atom. The highest BCUT2D eigenvalue weighted by Crippen LogP contribution is 2.13. The van der Waals surface area contributed by atoms with Crippen LogP contribution in [0.15, 0.2) is 24.3 Å². The van der Waals surface area contributed by atoms with Crippen molar-refractivity contribution in [2.24, 2.45) is 0 Å². The zero-order valence-corrected chi connectivity index (χ0v) is 11.2. The Bertz CT molecular complexity index is 508. The van der Waals surface area contributed by atoms with Crippen molar-refractivity contribution in [3.8, 4) is 5.75 Å². The maximum Gasteiger partial charge on any atom is 0.246 e. The van der Waals surface area contributed by atoms with Crippen LogP contribution in [0.4, 0.5) is 0 Å². The molecule has 1 heterocycles. The maximum atomic E-state index is 12.0. The second kappa shape index (κ2) is 6.18. The van der Waals surface area contributed by atoms with Gasteiger partial charge >= 0.3 is 0 Å². The van der Waals surface area contributed by atoms with Gasteiger partial charge in [-0.15, -0.1) is 0 Å². The van der Waals surface area contributed by atoms with Crippen LogP contribution in [-0.2, 0) is 20.8 Å². The number of benzene rings is 1. The molecule has 6 heteroatoms. The summed E-state index contributed by atoms with van der Waals surface area (Å²) in [6.07, 6.45) is 0.160. The molecule has 0 aromatic heterocycles. The highest BCUT2D eigenvalue weighted by molar-refractivity contribution is 6.02. The second-order valence-electron chi connectivity index (χ2n) is 4.47. The van der Waals surface area contributed by atoms with Crippen molar-refractivity contribution in [1.29, 1.82) is 0 Å². The van der Waals surface area contributed by atoms with E-state index in [2.05, 4.69) is 5.32 Å². The molecule has 1 aliphatic heterocycles. The predicted molar refractivity (Wildman–Crippen MR) is 71.0 cm³/mol. The standard InChI is InChI=1S/C14H16N2O4/c1-2-20-11-5-3-10(4-6-11)7-14(19)16-8-12(17)15-13(18)9-16/h3-6H,2,7-9H2,1H3,(H,15,17,18). The minimum Gasteiger partial charge on any atom is -0.494 e. The average molecular weight is 276 g/mol. The number of ether oxygens (including phenoxy) is 1. The second-order valence-corrected chi connectivity index (χ2v) is 4.47. The van der Waals surface area contributed by atoms with Gasteiger partial charge < -0.3 is 9.64 Å². The van der Waals surface area contributed by atoms with Gasteiger partial charge in [-0.2, -0.15) is 0 Å². The fourth-order valence-electron chi connectivity index (χ4n) is 1.97. The summed E-state index contributed by atoms with van der Waals surface area (Å²) in [4.78, 5) is 35.7. The van der Waals surface area contributed by atoms with Crippen LogP contribution in [0.25, 0.3) is 0 Å². The van der Waals surface area contributed by atoms with Gasteiger partial charge in [-0.3, -0.25) is 19.7 Å². The quantitative estimate of drug-likeness (QED) is 0.792. The molecule has 1 N–H and O–H groups in total. The Morgan fingerprint density at radius 3 is 2.35 bits per heavy atom. The molecule has 0 aliphatic carbocycles. The maximum absolute atomic E-state index is 12.0. The normalized spacial score (nSPS) is 14.9. The lowest BCUT2D eigenvalue weighted by atomic mass is 10.1. The van der Waals surface area contributed by atoms with Crippen LogP contribution in [0, 0.1) is 0 Å². The Balaban J connectivity index is 1.96. The number of carbonyl (C=O) groups excluding carboxylic acids is 3.